The summed E-state index contributed by atoms with van der Waals surface area (Å²) in [7, 11) is 0. The number of ether oxygens (including phenoxy) is 6. The molecule has 3 fully saturated rings. The van der Waals surface area contributed by atoms with Gasteiger partial charge < -0.3 is 33.5 Å². The molecule has 0 aromatic heterocycles. The number of hydrogen-bond acceptors (Lipinski definition) is 7. The number of aliphatic hydroxyl groups excluding tert-OH is 1. The number of rotatable bonds is 7. The third kappa shape index (κ3) is 5.78. The molecule has 0 saturated carbocycles. The van der Waals surface area contributed by atoms with Crippen LogP contribution in [-0.2, 0) is 35.0 Å². The number of aliphatic hydroxyl groups is 1. The molecule has 5 rings (SSSR count). The normalized spacial score (nSPS) is 40.2. The number of hydrogen-bond donors (Lipinski definition) is 1. The quantitative estimate of drug-likeness (QED) is 0.569. The van der Waals surface area contributed by atoms with Gasteiger partial charge in [0.25, 0.3) is 0 Å². The van der Waals surface area contributed by atoms with E-state index in [1.54, 1.807) is 0 Å². The van der Waals surface area contributed by atoms with Gasteiger partial charge >= 0.3 is 0 Å². The summed E-state index contributed by atoms with van der Waals surface area (Å²) in [5.74, 6) is 0.0677. The zero-order valence-corrected chi connectivity index (χ0v) is 22.1. The summed E-state index contributed by atoms with van der Waals surface area (Å²) in [6, 6.07) is 20.0. The first kappa shape index (κ1) is 26.8. The molecule has 3 aliphatic heterocycles. The lowest BCUT2D eigenvalue weighted by molar-refractivity contribution is -0.372. The first-order valence-corrected chi connectivity index (χ1v) is 13.6. The van der Waals surface area contributed by atoms with Gasteiger partial charge in [-0.2, -0.15) is 0 Å². The molecule has 3 aliphatic rings. The van der Waals surface area contributed by atoms with Crippen LogP contribution in [0.1, 0.15) is 51.5 Å². The minimum Gasteiger partial charge on any atom is -0.387 e. The molecule has 0 radical (unpaired) electrons. The Morgan fingerprint density at radius 3 is 2.24 bits per heavy atom. The summed E-state index contributed by atoms with van der Waals surface area (Å²) < 4.78 is 37.6. The van der Waals surface area contributed by atoms with Gasteiger partial charge in [0.1, 0.15) is 12.2 Å². The first-order valence-electron chi connectivity index (χ1n) is 13.6. The summed E-state index contributed by atoms with van der Waals surface area (Å²) in [5.41, 5.74) is 2.07. The van der Waals surface area contributed by atoms with Crippen LogP contribution in [0.25, 0.3) is 0 Å². The Morgan fingerprint density at radius 2 is 1.54 bits per heavy atom. The lowest BCUT2D eigenvalue weighted by Gasteiger charge is -2.50. The van der Waals surface area contributed by atoms with Gasteiger partial charge in [0.05, 0.1) is 31.5 Å². The van der Waals surface area contributed by atoms with E-state index in [-0.39, 0.29) is 48.5 Å². The van der Waals surface area contributed by atoms with Gasteiger partial charge in [0.15, 0.2) is 18.9 Å². The summed E-state index contributed by atoms with van der Waals surface area (Å²) in [6.45, 7) is 9.24. The predicted octanol–water partition coefficient (Wildman–Crippen LogP) is 4.83. The Labute approximate surface area is 220 Å². The zero-order valence-electron chi connectivity index (χ0n) is 22.1. The van der Waals surface area contributed by atoms with E-state index in [4.69, 9.17) is 28.4 Å². The summed E-state index contributed by atoms with van der Waals surface area (Å²) in [4.78, 5) is 0. The van der Waals surface area contributed by atoms with E-state index in [1.807, 2.05) is 55.5 Å². The van der Waals surface area contributed by atoms with E-state index in [1.165, 1.54) is 0 Å². The molecule has 3 heterocycles. The highest BCUT2D eigenvalue weighted by molar-refractivity contribution is 5.16. The van der Waals surface area contributed by atoms with Crippen molar-refractivity contribution in [3.8, 4) is 0 Å². The third-order valence-corrected chi connectivity index (χ3v) is 8.18. The van der Waals surface area contributed by atoms with Crippen molar-refractivity contribution >= 4 is 0 Å². The number of fused-ring (bicyclic) bond motifs is 1. The average molecular weight is 513 g/mol. The molecule has 37 heavy (non-hydrogen) atoms. The van der Waals surface area contributed by atoms with Crippen LogP contribution in [-0.4, -0.2) is 54.8 Å². The minimum atomic E-state index is -0.831. The molecule has 5 unspecified atom stereocenters. The van der Waals surface area contributed by atoms with Crippen molar-refractivity contribution < 1.29 is 33.5 Å². The molecule has 7 nitrogen and oxygen atoms in total. The topological polar surface area (TPSA) is 75.6 Å². The maximum Gasteiger partial charge on any atom is 0.184 e. The van der Waals surface area contributed by atoms with Crippen molar-refractivity contribution in [3.05, 3.63) is 71.8 Å². The molecule has 202 valence electrons. The standard InChI is InChI=1S/C30H40O7/c1-5-23-26(18(2)19(3)28(34-23)32-16-21-12-8-6-9-13-21)37-30-25(31)20(4)27-24(35-30)17-33-29(36-27)22-14-10-7-11-15-22/h6-15,18-20,23-31H,5,16-17H2,1-4H3/t18-,19?,20-,23?,24?,25?,26+,27+,28-,29?,30+/m1/s1. The fraction of sp³-hybridized carbons (Fsp3) is 0.600. The maximum absolute atomic E-state index is 11.2. The van der Waals surface area contributed by atoms with E-state index in [0.717, 1.165) is 17.5 Å². The third-order valence-electron chi connectivity index (χ3n) is 8.18. The van der Waals surface area contributed by atoms with Crippen LogP contribution in [0.3, 0.4) is 0 Å². The Hall–Kier alpha value is -1.84. The summed E-state index contributed by atoms with van der Waals surface area (Å²) >= 11 is 0. The largest absolute Gasteiger partial charge is 0.387 e. The second-order valence-corrected chi connectivity index (χ2v) is 10.6. The van der Waals surface area contributed by atoms with Crippen LogP contribution < -0.4 is 0 Å². The molecule has 7 heteroatoms. The van der Waals surface area contributed by atoms with Gasteiger partial charge in [0, 0.05) is 17.4 Å². The van der Waals surface area contributed by atoms with Crippen LogP contribution in [0.2, 0.25) is 0 Å². The molecule has 2 aromatic carbocycles. The molecule has 0 spiro atoms. The Balaban J connectivity index is 1.21. The monoisotopic (exact) mass is 512 g/mol. The predicted molar refractivity (Wildman–Crippen MR) is 137 cm³/mol. The molecule has 11 atom stereocenters. The summed E-state index contributed by atoms with van der Waals surface area (Å²) in [6.07, 6.45) is -2.65. The molecule has 3 saturated heterocycles. The highest BCUT2D eigenvalue weighted by Crippen LogP contribution is 2.40. The van der Waals surface area contributed by atoms with Crippen molar-refractivity contribution in [3.63, 3.8) is 0 Å². The van der Waals surface area contributed by atoms with E-state index in [0.29, 0.717) is 13.2 Å². The smallest absolute Gasteiger partial charge is 0.184 e. The van der Waals surface area contributed by atoms with Crippen LogP contribution in [0.4, 0.5) is 0 Å². The molecule has 2 aromatic rings. The molecule has 0 bridgehead atoms. The fourth-order valence-electron chi connectivity index (χ4n) is 5.62. The highest BCUT2D eigenvalue weighted by Gasteiger charge is 2.50. The Kier molecular flexibility index (Phi) is 8.61. The minimum absolute atomic E-state index is 0.107. The lowest BCUT2D eigenvalue weighted by Crippen LogP contribution is -2.61. The van der Waals surface area contributed by atoms with E-state index < -0.39 is 18.7 Å². The Morgan fingerprint density at radius 1 is 0.838 bits per heavy atom. The second kappa shape index (κ2) is 11.9. The van der Waals surface area contributed by atoms with Gasteiger partial charge in [-0.3, -0.25) is 0 Å². The molecule has 0 aliphatic carbocycles. The van der Waals surface area contributed by atoms with E-state index >= 15 is 0 Å². The molecule has 0 amide bonds. The van der Waals surface area contributed by atoms with Crippen molar-refractivity contribution in [1.29, 1.82) is 0 Å². The highest BCUT2D eigenvalue weighted by atomic mass is 16.8. The zero-order chi connectivity index (χ0) is 25.9. The van der Waals surface area contributed by atoms with Gasteiger partial charge in [-0.25, -0.2) is 0 Å². The van der Waals surface area contributed by atoms with Gasteiger partial charge in [-0.05, 0) is 17.9 Å². The average Bonchev–Trinajstić information content (AvgIpc) is 2.94. The molecular weight excluding hydrogens is 472 g/mol. The SMILES string of the molecule is CCC1O[C@@H](OCc2ccccc2)C(C)[C@@H](C)[C@@H]1O[C@@H]1OC2COC(c3ccccc3)O[C@H]2[C@H](C)C1O. The van der Waals surface area contributed by atoms with Gasteiger partial charge in [0.2, 0.25) is 0 Å². The number of benzene rings is 2. The van der Waals surface area contributed by atoms with Crippen LogP contribution in [0.5, 0.6) is 0 Å². The maximum atomic E-state index is 11.2. The van der Waals surface area contributed by atoms with Crippen molar-refractivity contribution in [2.75, 3.05) is 6.61 Å². The van der Waals surface area contributed by atoms with Crippen molar-refractivity contribution in [2.24, 2.45) is 17.8 Å². The van der Waals surface area contributed by atoms with E-state index in [9.17, 15) is 5.11 Å². The van der Waals surface area contributed by atoms with Gasteiger partial charge in [-0.1, -0.05) is 88.4 Å². The lowest BCUT2D eigenvalue weighted by atomic mass is 9.83. The van der Waals surface area contributed by atoms with Crippen LogP contribution >= 0.6 is 0 Å². The van der Waals surface area contributed by atoms with Crippen LogP contribution in [0, 0.1) is 17.8 Å². The Bertz CT molecular complexity index is 968. The van der Waals surface area contributed by atoms with Crippen molar-refractivity contribution in [2.45, 2.75) is 90.1 Å². The first-order chi connectivity index (χ1) is 18.0. The molecular formula is C30H40O7. The molecule has 1 N–H and O–H groups in total. The van der Waals surface area contributed by atoms with Gasteiger partial charge in [-0.15, -0.1) is 0 Å². The van der Waals surface area contributed by atoms with E-state index in [2.05, 4.69) is 32.9 Å². The summed E-state index contributed by atoms with van der Waals surface area (Å²) in [5, 5.41) is 11.2. The van der Waals surface area contributed by atoms with Crippen molar-refractivity contribution in [1.82, 2.24) is 0 Å². The fourth-order valence-corrected chi connectivity index (χ4v) is 5.62. The van der Waals surface area contributed by atoms with Crippen LogP contribution in [0.15, 0.2) is 60.7 Å². The second-order valence-electron chi connectivity index (χ2n) is 10.6.